The third kappa shape index (κ3) is 2.52. The van der Waals surface area contributed by atoms with Gasteiger partial charge in [0.25, 0.3) is 0 Å². The van der Waals surface area contributed by atoms with Gasteiger partial charge in [-0.3, -0.25) is 0 Å². The third-order valence-electron chi connectivity index (χ3n) is 3.24. The van der Waals surface area contributed by atoms with Gasteiger partial charge in [-0.25, -0.2) is 4.79 Å². The number of anilines is 1. The Balaban J connectivity index is 2.75. The van der Waals surface area contributed by atoms with Crippen LogP contribution < -0.4 is 5.73 Å². The number of aromatic nitrogens is 1. The standard InChI is InChI=1S/C15H14BrN3O2/c1-8-4-11(5-9(2)12(8)16)19-7-10(6-17)13(18)14(19)15(20)21-3/h4-5,7H,18H2,1-3H3. The van der Waals surface area contributed by atoms with Gasteiger partial charge in [0.2, 0.25) is 0 Å². The number of nitrogens with zero attached hydrogens (tertiary/aromatic N) is 2. The average molecular weight is 348 g/mol. The average Bonchev–Trinajstić information content (AvgIpc) is 2.80. The molecule has 0 bridgehead atoms. The fourth-order valence-electron chi connectivity index (χ4n) is 2.18. The molecule has 0 fully saturated rings. The van der Waals surface area contributed by atoms with Gasteiger partial charge in [-0.2, -0.15) is 5.26 Å². The van der Waals surface area contributed by atoms with Gasteiger partial charge in [0.15, 0.2) is 5.69 Å². The summed E-state index contributed by atoms with van der Waals surface area (Å²) in [6, 6.07) is 5.80. The highest BCUT2D eigenvalue weighted by atomic mass is 79.9. The minimum Gasteiger partial charge on any atom is -0.464 e. The summed E-state index contributed by atoms with van der Waals surface area (Å²) < 4.78 is 7.36. The maximum Gasteiger partial charge on any atom is 0.357 e. The van der Waals surface area contributed by atoms with Gasteiger partial charge in [0, 0.05) is 16.4 Å². The Kier molecular flexibility index (Phi) is 4.05. The van der Waals surface area contributed by atoms with Crippen molar-refractivity contribution in [1.29, 1.82) is 5.26 Å². The Morgan fingerprint density at radius 2 is 1.95 bits per heavy atom. The zero-order valence-corrected chi connectivity index (χ0v) is 13.5. The quantitative estimate of drug-likeness (QED) is 0.846. The molecule has 1 aromatic heterocycles. The number of benzene rings is 1. The van der Waals surface area contributed by atoms with E-state index in [-0.39, 0.29) is 16.9 Å². The lowest BCUT2D eigenvalue weighted by molar-refractivity contribution is 0.0593. The molecule has 0 saturated carbocycles. The minimum atomic E-state index is -0.577. The van der Waals surface area contributed by atoms with Crippen LogP contribution in [-0.2, 0) is 4.74 Å². The first kappa shape index (κ1) is 15.1. The Bertz CT molecular complexity index is 749. The lowest BCUT2D eigenvalue weighted by Crippen LogP contribution is -2.11. The zero-order chi connectivity index (χ0) is 15.7. The zero-order valence-electron chi connectivity index (χ0n) is 11.9. The van der Waals surface area contributed by atoms with E-state index in [1.165, 1.54) is 7.11 Å². The van der Waals surface area contributed by atoms with Crippen molar-refractivity contribution < 1.29 is 9.53 Å². The van der Waals surface area contributed by atoms with Crippen molar-refractivity contribution in [2.75, 3.05) is 12.8 Å². The molecule has 1 heterocycles. The molecule has 0 unspecified atom stereocenters. The minimum absolute atomic E-state index is 0.127. The summed E-state index contributed by atoms with van der Waals surface area (Å²) in [6.07, 6.45) is 1.55. The van der Waals surface area contributed by atoms with E-state index >= 15 is 0 Å². The lowest BCUT2D eigenvalue weighted by Gasteiger charge is -2.12. The van der Waals surface area contributed by atoms with Gasteiger partial charge >= 0.3 is 5.97 Å². The van der Waals surface area contributed by atoms with Gasteiger partial charge in [-0.15, -0.1) is 0 Å². The molecule has 0 atom stereocenters. The van der Waals surface area contributed by atoms with Crippen LogP contribution in [0.1, 0.15) is 27.2 Å². The molecule has 6 heteroatoms. The first-order valence-electron chi connectivity index (χ1n) is 6.17. The van der Waals surface area contributed by atoms with E-state index in [1.807, 2.05) is 32.0 Å². The molecule has 0 aliphatic carbocycles. The van der Waals surface area contributed by atoms with Crippen LogP contribution in [0.3, 0.4) is 0 Å². The summed E-state index contributed by atoms with van der Waals surface area (Å²) in [6.45, 7) is 3.91. The number of carbonyl (C=O) groups is 1. The normalized spacial score (nSPS) is 10.2. The molecule has 2 N–H and O–H groups in total. The monoisotopic (exact) mass is 347 g/mol. The van der Waals surface area contributed by atoms with Gasteiger partial charge in [-0.05, 0) is 37.1 Å². The fraction of sp³-hybridized carbons (Fsp3) is 0.200. The molecular weight excluding hydrogens is 334 g/mol. The van der Waals surface area contributed by atoms with E-state index in [0.29, 0.717) is 0 Å². The summed E-state index contributed by atoms with van der Waals surface area (Å²) in [5.74, 6) is -0.577. The first-order chi connectivity index (χ1) is 9.90. The molecule has 5 nitrogen and oxygen atoms in total. The topological polar surface area (TPSA) is 81.0 Å². The molecule has 2 aromatic rings. The number of nitriles is 1. The Hall–Kier alpha value is -2.26. The maximum atomic E-state index is 12.0. The Morgan fingerprint density at radius 1 is 1.38 bits per heavy atom. The second-order valence-electron chi connectivity index (χ2n) is 4.67. The van der Waals surface area contributed by atoms with Crippen LogP contribution in [0.2, 0.25) is 0 Å². The van der Waals surface area contributed by atoms with Crippen molar-refractivity contribution in [3.05, 3.63) is 45.2 Å². The summed E-state index contributed by atoms with van der Waals surface area (Å²) in [5, 5.41) is 9.11. The molecule has 2 rings (SSSR count). The number of esters is 1. The van der Waals surface area contributed by atoms with Crippen LogP contribution in [0, 0.1) is 25.2 Å². The summed E-state index contributed by atoms with van der Waals surface area (Å²) in [5.41, 5.74) is 9.21. The van der Waals surface area contributed by atoms with Crippen LogP contribution in [0.25, 0.3) is 5.69 Å². The number of halogens is 1. The van der Waals surface area contributed by atoms with Crippen molar-refractivity contribution in [2.45, 2.75) is 13.8 Å². The lowest BCUT2D eigenvalue weighted by atomic mass is 10.1. The number of nitrogen functional groups attached to an aromatic ring is 1. The van der Waals surface area contributed by atoms with Crippen molar-refractivity contribution in [3.63, 3.8) is 0 Å². The van der Waals surface area contributed by atoms with Crippen molar-refractivity contribution in [1.82, 2.24) is 4.57 Å². The summed E-state index contributed by atoms with van der Waals surface area (Å²) in [7, 11) is 1.28. The van der Waals surface area contributed by atoms with Crippen LogP contribution in [0.5, 0.6) is 0 Å². The highest BCUT2D eigenvalue weighted by Gasteiger charge is 2.22. The largest absolute Gasteiger partial charge is 0.464 e. The molecule has 21 heavy (non-hydrogen) atoms. The molecule has 0 radical (unpaired) electrons. The SMILES string of the molecule is COC(=O)c1c(N)c(C#N)cn1-c1cc(C)c(Br)c(C)c1. The molecule has 1 aromatic carbocycles. The molecule has 0 spiro atoms. The van der Waals surface area contributed by atoms with Gasteiger partial charge in [0.05, 0.1) is 18.4 Å². The van der Waals surface area contributed by atoms with E-state index < -0.39 is 5.97 Å². The van der Waals surface area contributed by atoms with Crippen LogP contribution >= 0.6 is 15.9 Å². The number of methoxy groups -OCH3 is 1. The molecule has 0 saturated heterocycles. The van der Waals surface area contributed by atoms with Crippen molar-refractivity contribution in [2.24, 2.45) is 0 Å². The summed E-state index contributed by atoms with van der Waals surface area (Å²) >= 11 is 3.50. The second-order valence-corrected chi connectivity index (χ2v) is 5.46. The maximum absolute atomic E-state index is 12.0. The summed E-state index contributed by atoms with van der Waals surface area (Å²) in [4.78, 5) is 12.0. The van der Waals surface area contributed by atoms with Crippen molar-refractivity contribution >= 4 is 27.6 Å². The predicted octanol–water partition coefficient (Wildman–Crippen LogP) is 3.10. The van der Waals surface area contributed by atoms with Crippen LogP contribution in [-0.4, -0.2) is 17.6 Å². The molecule has 0 aliphatic rings. The molecule has 0 amide bonds. The number of hydrogen-bond acceptors (Lipinski definition) is 4. The van der Waals surface area contributed by atoms with Crippen molar-refractivity contribution in [3.8, 4) is 11.8 Å². The molecular formula is C15H14BrN3O2. The van der Waals surface area contributed by atoms with E-state index in [1.54, 1.807) is 10.8 Å². The Labute approximate surface area is 131 Å². The smallest absolute Gasteiger partial charge is 0.357 e. The van der Waals surface area contributed by atoms with Gasteiger partial charge in [-0.1, -0.05) is 15.9 Å². The van der Waals surface area contributed by atoms with E-state index in [4.69, 9.17) is 15.7 Å². The predicted molar refractivity (Wildman–Crippen MR) is 83.4 cm³/mol. The highest BCUT2D eigenvalue weighted by Crippen LogP contribution is 2.29. The second kappa shape index (κ2) is 5.62. The molecule has 108 valence electrons. The first-order valence-corrected chi connectivity index (χ1v) is 6.96. The number of carbonyl (C=O) groups excluding carboxylic acids is 1. The highest BCUT2D eigenvalue weighted by molar-refractivity contribution is 9.10. The molecule has 0 aliphatic heterocycles. The number of rotatable bonds is 2. The number of ether oxygens (including phenoxy) is 1. The third-order valence-corrected chi connectivity index (χ3v) is 4.49. The fourth-order valence-corrected chi connectivity index (χ4v) is 2.41. The number of hydrogen-bond donors (Lipinski definition) is 1. The van der Waals surface area contributed by atoms with Crippen LogP contribution in [0.15, 0.2) is 22.8 Å². The van der Waals surface area contributed by atoms with E-state index in [9.17, 15) is 4.79 Å². The van der Waals surface area contributed by atoms with E-state index in [0.717, 1.165) is 21.3 Å². The van der Waals surface area contributed by atoms with Gasteiger partial charge in [0.1, 0.15) is 6.07 Å². The van der Waals surface area contributed by atoms with Crippen LogP contribution in [0.4, 0.5) is 5.69 Å². The number of nitrogens with two attached hydrogens (primary N) is 1. The van der Waals surface area contributed by atoms with E-state index in [2.05, 4.69) is 15.9 Å². The van der Waals surface area contributed by atoms with Gasteiger partial charge < -0.3 is 15.0 Å². The Morgan fingerprint density at radius 3 is 2.43 bits per heavy atom. The number of aryl methyl sites for hydroxylation is 2.